The molecule has 1 aromatic carbocycles. The number of urea groups is 1. The summed E-state index contributed by atoms with van der Waals surface area (Å²) in [4.78, 5) is 33.0. The molecule has 1 N–H and O–H groups in total. The van der Waals surface area contributed by atoms with Gasteiger partial charge in [0.15, 0.2) is 5.82 Å². The van der Waals surface area contributed by atoms with E-state index >= 15 is 0 Å². The smallest absolute Gasteiger partial charge is 0.290 e. The summed E-state index contributed by atoms with van der Waals surface area (Å²) in [6.07, 6.45) is 4.46. The fraction of sp³-hybridized carbons (Fsp3) is 0.0769. The Morgan fingerprint density at radius 1 is 1.35 bits per heavy atom. The number of benzene rings is 1. The normalized spacial score (nSPS) is 13.2. The highest BCUT2D eigenvalue weighted by Crippen LogP contribution is 2.34. The van der Waals surface area contributed by atoms with Crippen LogP contribution < -0.4 is 10.2 Å². The van der Waals surface area contributed by atoms with Crippen LogP contribution in [0.3, 0.4) is 0 Å². The molecule has 7 heteroatoms. The molecule has 0 saturated heterocycles. The maximum Gasteiger partial charge on any atom is 0.334 e. The van der Waals surface area contributed by atoms with Gasteiger partial charge in [0, 0.05) is 23.0 Å². The van der Waals surface area contributed by atoms with E-state index in [0.29, 0.717) is 16.3 Å². The third-order valence-electron chi connectivity index (χ3n) is 2.91. The first kappa shape index (κ1) is 12.6. The predicted octanol–water partition coefficient (Wildman–Crippen LogP) is 2.25. The summed E-state index contributed by atoms with van der Waals surface area (Å²) in [6, 6.07) is 4.50. The lowest BCUT2D eigenvalue weighted by Gasteiger charge is -2.15. The molecule has 0 saturated carbocycles. The van der Waals surface area contributed by atoms with Gasteiger partial charge in [-0.15, -0.1) is 0 Å². The maximum absolute atomic E-state index is 12.2. The zero-order chi connectivity index (χ0) is 14.1. The fourth-order valence-corrected chi connectivity index (χ4v) is 2.28. The minimum absolute atomic E-state index is 0.114. The number of imide groups is 1. The number of nitrogens with one attached hydrogen (secondary N) is 1. The number of amides is 3. The van der Waals surface area contributed by atoms with Gasteiger partial charge in [0.2, 0.25) is 5.91 Å². The minimum Gasteiger partial charge on any atom is -0.290 e. The number of nitrogens with zero attached hydrogens (tertiary/aromatic N) is 3. The number of fused-ring (bicyclic) bond motifs is 1. The van der Waals surface area contributed by atoms with Crippen molar-refractivity contribution in [2.24, 2.45) is 0 Å². The van der Waals surface area contributed by atoms with Gasteiger partial charge >= 0.3 is 6.03 Å². The second-order valence-electron chi connectivity index (χ2n) is 4.16. The number of carbonyl (C=O) groups is 2. The quantitative estimate of drug-likeness (QED) is 0.873. The lowest BCUT2D eigenvalue weighted by Crippen LogP contribution is -2.37. The van der Waals surface area contributed by atoms with Crippen molar-refractivity contribution >= 4 is 35.0 Å². The standard InChI is InChI=1S/C13H9ClN4O2/c14-9-2-1-3-10-8(9)6-12(19)18(10)13(20)17-11-7-15-4-5-16-11/h1-5,7H,6H2,(H,16,17,20). The predicted molar refractivity (Wildman–Crippen MR) is 73.7 cm³/mol. The van der Waals surface area contributed by atoms with E-state index in [-0.39, 0.29) is 18.1 Å². The molecule has 0 radical (unpaired) electrons. The van der Waals surface area contributed by atoms with Crippen molar-refractivity contribution < 1.29 is 9.59 Å². The molecule has 2 aromatic rings. The van der Waals surface area contributed by atoms with Crippen LogP contribution in [-0.2, 0) is 11.2 Å². The fourth-order valence-electron chi connectivity index (χ4n) is 2.05. The first-order chi connectivity index (χ1) is 9.66. The van der Waals surface area contributed by atoms with Crippen LogP contribution in [0.15, 0.2) is 36.8 Å². The molecule has 0 spiro atoms. The third-order valence-corrected chi connectivity index (χ3v) is 3.27. The first-order valence-electron chi connectivity index (χ1n) is 5.84. The van der Waals surface area contributed by atoms with Crippen LogP contribution >= 0.6 is 11.6 Å². The molecule has 0 atom stereocenters. The van der Waals surface area contributed by atoms with E-state index in [1.54, 1.807) is 18.2 Å². The monoisotopic (exact) mass is 288 g/mol. The number of halogens is 1. The summed E-state index contributed by atoms with van der Waals surface area (Å²) in [6.45, 7) is 0. The summed E-state index contributed by atoms with van der Waals surface area (Å²) in [5.74, 6) is -0.0460. The van der Waals surface area contributed by atoms with E-state index in [4.69, 9.17) is 11.6 Å². The number of carbonyl (C=O) groups excluding carboxylic acids is 2. The number of hydrogen-bond acceptors (Lipinski definition) is 4. The van der Waals surface area contributed by atoms with Crippen LogP contribution in [0.4, 0.5) is 16.3 Å². The van der Waals surface area contributed by atoms with E-state index in [1.807, 2.05) is 0 Å². The highest BCUT2D eigenvalue weighted by atomic mass is 35.5. The first-order valence-corrected chi connectivity index (χ1v) is 6.22. The van der Waals surface area contributed by atoms with E-state index < -0.39 is 6.03 Å². The van der Waals surface area contributed by atoms with Crippen LogP contribution in [-0.4, -0.2) is 21.9 Å². The molecule has 1 aliphatic heterocycles. The lowest BCUT2D eigenvalue weighted by atomic mass is 10.2. The molecule has 1 aromatic heterocycles. The Morgan fingerprint density at radius 3 is 2.95 bits per heavy atom. The topological polar surface area (TPSA) is 75.2 Å². The average molecular weight is 289 g/mol. The van der Waals surface area contributed by atoms with Crippen LogP contribution in [0.5, 0.6) is 0 Å². The Morgan fingerprint density at radius 2 is 2.20 bits per heavy atom. The van der Waals surface area contributed by atoms with E-state index in [9.17, 15) is 9.59 Å². The average Bonchev–Trinajstić information content (AvgIpc) is 2.78. The van der Waals surface area contributed by atoms with E-state index in [2.05, 4.69) is 15.3 Å². The van der Waals surface area contributed by atoms with Gasteiger partial charge in [-0.2, -0.15) is 0 Å². The lowest BCUT2D eigenvalue weighted by molar-refractivity contribution is -0.116. The molecule has 3 amide bonds. The minimum atomic E-state index is -0.573. The molecular weight excluding hydrogens is 280 g/mol. The Balaban J connectivity index is 1.90. The Kier molecular flexibility index (Phi) is 3.08. The molecule has 0 fully saturated rings. The summed E-state index contributed by atoms with van der Waals surface area (Å²) in [5, 5.41) is 3.00. The number of aromatic nitrogens is 2. The van der Waals surface area contributed by atoms with Gasteiger partial charge in [-0.1, -0.05) is 17.7 Å². The summed E-state index contributed by atoms with van der Waals surface area (Å²) >= 11 is 6.03. The van der Waals surface area contributed by atoms with Gasteiger partial charge in [-0.05, 0) is 12.1 Å². The van der Waals surface area contributed by atoms with Crippen LogP contribution in [0.2, 0.25) is 5.02 Å². The number of hydrogen-bond donors (Lipinski definition) is 1. The third kappa shape index (κ3) is 2.10. The summed E-state index contributed by atoms with van der Waals surface area (Å²) in [5.41, 5.74) is 1.16. The second-order valence-corrected chi connectivity index (χ2v) is 4.57. The molecule has 0 unspecified atom stereocenters. The van der Waals surface area contributed by atoms with Crippen molar-refractivity contribution in [1.29, 1.82) is 0 Å². The highest BCUT2D eigenvalue weighted by molar-refractivity contribution is 6.33. The molecule has 100 valence electrons. The molecule has 0 bridgehead atoms. The molecule has 6 nitrogen and oxygen atoms in total. The number of rotatable bonds is 1. The van der Waals surface area contributed by atoms with Gasteiger partial charge in [-0.3, -0.25) is 15.1 Å². The largest absolute Gasteiger partial charge is 0.334 e. The summed E-state index contributed by atoms with van der Waals surface area (Å²) in [7, 11) is 0. The number of anilines is 2. The van der Waals surface area contributed by atoms with Crippen molar-refractivity contribution in [2.45, 2.75) is 6.42 Å². The summed E-state index contributed by atoms with van der Waals surface area (Å²) < 4.78 is 0. The maximum atomic E-state index is 12.2. The van der Waals surface area contributed by atoms with Gasteiger partial charge in [0.1, 0.15) is 0 Å². The Labute approximate surface area is 119 Å². The Hall–Kier alpha value is -2.47. The zero-order valence-electron chi connectivity index (χ0n) is 10.2. The van der Waals surface area contributed by atoms with Crippen molar-refractivity contribution in [2.75, 3.05) is 10.2 Å². The SMILES string of the molecule is O=C1Cc2c(Cl)cccc2N1C(=O)Nc1cnccn1. The second kappa shape index (κ2) is 4.90. The van der Waals surface area contributed by atoms with Crippen LogP contribution in [0.1, 0.15) is 5.56 Å². The van der Waals surface area contributed by atoms with E-state index in [1.165, 1.54) is 18.6 Å². The van der Waals surface area contributed by atoms with Crippen molar-refractivity contribution in [3.8, 4) is 0 Å². The molecular formula is C13H9ClN4O2. The molecule has 3 rings (SSSR count). The van der Waals surface area contributed by atoms with E-state index in [0.717, 1.165) is 4.90 Å². The van der Waals surface area contributed by atoms with Crippen molar-refractivity contribution in [3.63, 3.8) is 0 Å². The van der Waals surface area contributed by atoms with Crippen molar-refractivity contribution in [1.82, 2.24) is 9.97 Å². The zero-order valence-corrected chi connectivity index (χ0v) is 11.0. The van der Waals surface area contributed by atoms with Crippen molar-refractivity contribution in [3.05, 3.63) is 47.4 Å². The molecule has 20 heavy (non-hydrogen) atoms. The molecule has 0 aliphatic carbocycles. The highest BCUT2D eigenvalue weighted by Gasteiger charge is 2.33. The van der Waals surface area contributed by atoms with Gasteiger partial charge in [0.25, 0.3) is 0 Å². The van der Waals surface area contributed by atoms with Gasteiger partial charge in [0.05, 0.1) is 18.3 Å². The molecule has 2 heterocycles. The van der Waals surface area contributed by atoms with Crippen LogP contribution in [0, 0.1) is 0 Å². The Bertz CT molecular complexity index is 690. The van der Waals surface area contributed by atoms with Gasteiger partial charge in [-0.25, -0.2) is 14.7 Å². The van der Waals surface area contributed by atoms with Gasteiger partial charge < -0.3 is 0 Å². The van der Waals surface area contributed by atoms with Crippen LogP contribution in [0.25, 0.3) is 0 Å². The molecule has 1 aliphatic rings.